The van der Waals surface area contributed by atoms with Gasteiger partial charge in [-0.05, 0) is 35.7 Å². The van der Waals surface area contributed by atoms with Gasteiger partial charge in [-0.25, -0.2) is 4.98 Å². The second-order valence-electron chi connectivity index (χ2n) is 4.27. The van der Waals surface area contributed by atoms with Crippen molar-refractivity contribution in [1.29, 1.82) is 0 Å². The lowest BCUT2D eigenvalue weighted by atomic mass is 10.0. The summed E-state index contributed by atoms with van der Waals surface area (Å²) in [6.07, 6.45) is 1.69. The smallest absolute Gasteiger partial charge is 0.131 e. The number of rotatable bonds is 3. The highest BCUT2D eigenvalue weighted by Crippen LogP contribution is 2.22. The van der Waals surface area contributed by atoms with E-state index in [-0.39, 0.29) is 0 Å². The maximum absolute atomic E-state index is 5.84. The fourth-order valence-corrected chi connectivity index (χ4v) is 1.80. The van der Waals surface area contributed by atoms with E-state index in [9.17, 15) is 0 Å². The molecule has 0 aliphatic heterocycles. The van der Waals surface area contributed by atoms with Crippen LogP contribution in [0, 0.1) is 0 Å². The lowest BCUT2D eigenvalue weighted by molar-refractivity contribution is 0.867. The number of aromatic nitrogens is 1. The summed E-state index contributed by atoms with van der Waals surface area (Å²) >= 11 is 5.84. The van der Waals surface area contributed by atoms with Crippen LogP contribution in [0.25, 0.3) is 0 Å². The Kier molecular flexibility index (Phi) is 3.64. The minimum atomic E-state index is 0.495. The van der Waals surface area contributed by atoms with Crippen molar-refractivity contribution in [3.8, 4) is 0 Å². The van der Waals surface area contributed by atoms with Crippen molar-refractivity contribution in [3.63, 3.8) is 0 Å². The van der Waals surface area contributed by atoms with Gasteiger partial charge in [0.05, 0.1) is 0 Å². The SMILES string of the molecule is CC(C)c1cccc(Nc2ccnc(Cl)c2)c1. The zero-order valence-electron chi connectivity index (χ0n) is 9.94. The average molecular weight is 247 g/mol. The van der Waals surface area contributed by atoms with Gasteiger partial charge in [-0.2, -0.15) is 0 Å². The number of benzene rings is 1. The Bertz CT molecular complexity index is 509. The molecule has 1 aromatic carbocycles. The molecule has 2 aromatic rings. The summed E-state index contributed by atoms with van der Waals surface area (Å²) in [6.45, 7) is 4.37. The molecular weight excluding hydrogens is 232 g/mol. The van der Waals surface area contributed by atoms with Crippen LogP contribution in [0.3, 0.4) is 0 Å². The maximum atomic E-state index is 5.84. The molecule has 0 amide bonds. The molecule has 0 unspecified atom stereocenters. The van der Waals surface area contributed by atoms with Crippen LogP contribution in [0.1, 0.15) is 25.3 Å². The van der Waals surface area contributed by atoms with Gasteiger partial charge in [0.2, 0.25) is 0 Å². The number of halogens is 1. The molecule has 0 aliphatic carbocycles. The number of hydrogen-bond donors (Lipinski definition) is 1. The molecule has 0 fully saturated rings. The van der Waals surface area contributed by atoms with Crippen LogP contribution in [-0.4, -0.2) is 4.98 Å². The molecule has 0 atom stereocenters. The van der Waals surface area contributed by atoms with Crippen molar-refractivity contribution < 1.29 is 0 Å². The predicted molar refractivity (Wildman–Crippen MR) is 73.1 cm³/mol. The van der Waals surface area contributed by atoms with E-state index < -0.39 is 0 Å². The molecule has 1 N–H and O–H groups in total. The molecule has 2 rings (SSSR count). The second kappa shape index (κ2) is 5.19. The van der Waals surface area contributed by atoms with Crippen molar-refractivity contribution in [2.45, 2.75) is 19.8 Å². The molecule has 17 heavy (non-hydrogen) atoms. The topological polar surface area (TPSA) is 24.9 Å². The Morgan fingerprint density at radius 2 is 1.88 bits per heavy atom. The Balaban J connectivity index is 2.21. The highest BCUT2D eigenvalue weighted by atomic mass is 35.5. The number of pyridine rings is 1. The van der Waals surface area contributed by atoms with Crippen molar-refractivity contribution in [1.82, 2.24) is 4.98 Å². The molecular formula is C14H15ClN2. The fraction of sp³-hybridized carbons (Fsp3) is 0.214. The molecule has 0 saturated heterocycles. The average Bonchev–Trinajstić information content (AvgIpc) is 2.29. The minimum absolute atomic E-state index is 0.495. The van der Waals surface area contributed by atoms with Gasteiger partial charge in [0.1, 0.15) is 5.15 Å². The van der Waals surface area contributed by atoms with E-state index >= 15 is 0 Å². The molecule has 1 heterocycles. The van der Waals surface area contributed by atoms with Crippen molar-refractivity contribution >= 4 is 23.0 Å². The standard InChI is InChI=1S/C14H15ClN2/c1-10(2)11-4-3-5-12(8-11)17-13-6-7-16-14(15)9-13/h3-10H,1-2H3,(H,16,17). The lowest BCUT2D eigenvalue weighted by Gasteiger charge is -2.10. The van der Waals surface area contributed by atoms with E-state index in [0.29, 0.717) is 11.1 Å². The third-order valence-corrected chi connectivity index (χ3v) is 2.78. The van der Waals surface area contributed by atoms with Crippen LogP contribution in [0.2, 0.25) is 5.15 Å². The predicted octanol–water partition coefficient (Wildman–Crippen LogP) is 4.60. The zero-order chi connectivity index (χ0) is 12.3. The fourth-order valence-electron chi connectivity index (χ4n) is 1.62. The first-order valence-corrected chi connectivity index (χ1v) is 6.01. The Morgan fingerprint density at radius 3 is 2.59 bits per heavy atom. The van der Waals surface area contributed by atoms with Crippen molar-refractivity contribution in [2.75, 3.05) is 5.32 Å². The molecule has 1 aromatic heterocycles. The number of nitrogens with zero attached hydrogens (tertiary/aromatic N) is 1. The summed E-state index contributed by atoms with van der Waals surface area (Å²) in [5.41, 5.74) is 3.33. The van der Waals surface area contributed by atoms with Gasteiger partial charge in [-0.1, -0.05) is 37.6 Å². The van der Waals surface area contributed by atoms with E-state index in [1.165, 1.54) is 5.56 Å². The molecule has 0 saturated carbocycles. The normalized spacial score (nSPS) is 10.6. The highest BCUT2D eigenvalue weighted by Gasteiger charge is 2.01. The van der Waals surface area contributed by atoms with Crippen molar-refractivity contribution in [2.24, 2.45) is 0 Å². The quantitative estimate of drug-likeness (QED) is 0.801. The summed E-state index contributed by atoms with van der Waals surface area (Å²) in [6, 6.07) is 12.1. The molecule has 3 heteroatoms. The summed E-state index contributed by atoms with van der Waals surface area (Å²) in [4.78, 5) is 3.95. The van der Waals surface area contributed by atoms with Crippen LogP contribution in [0.5, 0.6) is 0 Å². The first kappa shape index (κ1) is 11.9. The molecule has 0 bridgehead atoms. The van der Waals surface area contributed by atoms with Gasteiger partial charge in [0.25, 0.3) is 0 Å². The highest BCUT2D eigenvalue weighted by molar-refractivity contribution is 6.29. The lowest BCUT2D eigenvalue weighted by Crippen LogP contribution is -1.93. The van der Waals surface area contributed by atoms with Crippen LogP contribution in [-0.2, 0) is 0 Å². The molecule has 2 nitrogen and oxygen atoms in total. The van der Waals surface area contributed by atoms with Gasteiger partial charge in [-0.15, -0.1) is 0 Å². The van der Waals surface area contributed by atoms with Gasteiger partial charge >= 0.3 is 0 Å². The summed E-state index contributed by atoms with van der Waals surface area (Å²) in [7, 11) is 0. The van der Waals surface area contributed by atoms with E-state index in [1.54, 1.807) is 6.20 Å². The van der Waals surface area contributed by atoms with Gasteiger partial charge < -0.3 is 5.32 Å². The monoisotopic (exact) mass is 246 g/mol. The Morgan fingerprint density at radius 1 is 1.12 bits per heavy atom. The number of anilines is 2. The second-order valence-corrected chi connectivity index (χ2v) is 4.66. The Hall–Kier alpha value is -1.54. The maximum Gasteiger partial charge on any atom is 0.131 e. The van der Waals surface area contributed by atoms with Gasteiger partial charge in [0, 0.05) is 17.6 Å². The summed E-state index contributed by atoms with van der Waals surface area (Å²) in [5.74, 6) is 0.526. The van der Waals surface area contributed by atoms with E-state index in [1.807, 2.05) is 18.2 Å². The largest absolute Gasteiger partial charge is 0.355 e. The third kappa shape index (κ3) is 3.21. The summed E-state index contributed by atoms with van der Waals surface area (Å²) < 4.78 is 0. The van der Waals surface area contributed by atoms with E-state index in [0.717, 1.165) is 11.4 Å². The minimum Gasteiger partial charge on any atom is -0.355 e. The number of hydrogen-bond acceptors (Lipinski definition) is 2. The number of nitrogens with one attached hydrogen (secondary N) is 1. The van der Waals surface area contributed by atoms with Gasteiger partial charge in [0.15, 0.2) is 0 Å². The van der Waals surface area contributed by atoms with Crippen LogP contribution in [0.4, 0.5) is 11.4 Å². The molecule has 0 radical (unpaired) electrons. The zero-order valence-corrected chi connectivity index (χ0v) is 10.7. The molecule has 0 aliphatic rings. The van der Waals surface area contributed by atoms with Crippen molar-refractivity contribution in [3.05, 3.63) is 53.3 Å². The summed E-state index contributed by atoms with van der Waals surface area (Å²) in [5, 5.41) is 3.81. The van der Waals surface area contributed by atoms with E-state index in [4.69, 9.17) is 11.6 Å². The van der Waals surface area contributed by atoms with Gasteiger partial charge in [-0.3, -0.25) is 0 Å². The van der Waals surface area contributed by atoms with Crippen LogP contribution >= 0.6 is 11.6 Å². The van der Waals surface area contributed by atoms with Crippen LogP contribution in [0.15, 0.2) is 42.6 Å². The first-order chi connectivity index (χ1) is 8.15. The first-order valence-electron chi connectivity index (χ1n) is 5.63. The van der Waals surface area contributed by atoms with Crippen LogP contribution < -0.4 is 5.32 Å². The molecule has 88 valence electrons. The van der Waals surface area contributed by atoms with E-state index in [2.05, 4.69) is 42.3 Å². The molecule has 0 spiro atoms. The Labute approximate surface area is 107 Å². The third-order valence-electron chi connectivity index (χ3n) is 2.57.